The fraction of sp³-hybridized carbons (Fsp3) is 0.857. The van der Waals surface area contributed by atoms with Gasteiger partial charge in [0.15, 0.2) is 0 Å². The molecule has 2 atom stereocenters. The summed E-state index contributed by atoms with van der Waals surface area (Å²) in [7, 11) is 0. The minimum absolute atomic E-state index is 0.156. The van der Waals surface area contributed by atoms with Gasteiger partial charge in [-0.1, -0.05) is 6.42 Å². The lowest BCUT2D eigenvalue weighted by molar-refractivity contribution is -0.125. The van der Waals surface area contributed by atoms with Crippen LogP contribution in [0.3, 0.4) is 0 Å². The fourth-order valence-corrected chi connectivity index (χ4v) is 1.93. The van der Waals surface area contributed by atoms with Gasteiger partial charge in [0.05, 0.1) is 0 Å². The zero-order valence-corrected chi connectivity index (χ0v) is 5.89. The molecule has 3 nitrogen and oxygen atoms in total. The maximum Gasteiger partial charge on any atom is 0.234 e. The van der Waals surface area contributed by atoms with E-state index in [1.165, 1.54) is 19.3 Å². The van der Waals surface area contributed by atoms with Crippen molar-refractivity contribution in [1.82, 2.24) is 10.9 Å². The van der Waals surface area contributed by atoms with E-state index >= 15 is 0 Å². The van der Waals surface area contributed by atoms with Crippen LogP contribution in [0, 0.1) is 5.92 Å². The average molecular weight is 140 g/mol. The average Bonchev–Trinajstić information content (AvgIpc) is 2.33. The molecule has 2 aliphatic rings. The number of hydrazine groups is 1. The molecule has 0 aromatic carbocycles. The lowest BCUT2D eigenvalue weighted by Crippen LogP contribution is -2.51. The van der Waals surface area contributed by atoms with Crippen molar-refractivity contribution in [2.75, 3.05) is 0 Å². The Balaban J connectivity index is 2.03. The minimum atomic E-state index is 0.156. The van der Waals surface area contributed by atoms with Crippen LogP contribution in [0.5, 0.6) is 0 Å². The second-order valence-corrected chi connectivity index (χ2v) is 3.19. The van der Waals surface area contributed by atoms with E-state index in [1.54, 1.807) is 0 Å². The second kappa shape index (κ2) is 2.23. The van der Waals surface area contributed by atoms with Crippen molar-refractivity contribution >= 4 is 5.91 Å². The van der Waals surface area contributed by atoms with E-state index in [-0.39, 0.29) is 5.91 Å². The molecule has 1 saturated heterocycles. The van der Waals surface area contributed by atoms with E-state index < -0.39 is 0 Å². The van der Waals surface area contributed by atoms with E-state index in [2.05, 4.69) is 10.9 Å². The Labute approximate surface area is 60.1 Å². The third kappa shape index (κ3) is 0.904. The van der Waals surface area contributed by atoms with Gasteiger partial charge in [0.2, 0.25) is 5.91 Å². The monoisotopic (exact) mass is 140 g/mol. The number of carbonyl (C=O) groups excluding carboxylic acids is 1. The molecule has 0 spiro atoms. The molecule has 1 heterocycles. The first-order valence-corrected chi connectivity index (χ1v) is 3.90. The Hall–Kier alpha value is -0.570. The largest absolute Gasteiger partial charge is 0.291 e. The number of hydrogen-bond acceptors (Lipinski definition) is 2. The van der Waals surface area contributed by atoms with Crippen LogP contribution in [0.1, 0.15) is 25.7 Å². The predicted molar refractivity (Wildman–Crippen MR) is 37.0 cm³/mol. The molecule has 2 unspecified atom stereocenters. The fourth-order valence-electron chi connectivity index (χ4n) is 1.93. The molecule has 2 fully saturated rings. The standard InChI is InChI=1S/C7H12N2O/c10-7-4-5-2-1-3-6(5)8-9-7/h5-6,8H,1-4H2,(H,9,10). The summed E-state index contributed by atoms with van der Waals surface area (Å²) >= 11 is 0. The van der Waals surface area contributed by atoms with Crippen molar-refractivity contribution in [3.8, 4) is 0 Å². The number of carbonyl (C=O) groups is 1. The van der Waals surface area contributed by atoms with Crippen molar-refractivity contribution in [2.24, 2.45) is 5.92 Å². The molecule has 0 aromatic rings. The van der Waals surface area contributed by atoms with Gasteiger partial charge in [0, 0.05) is 12.5 Å². The highest BCUT2D eigenvalue weighted by atomic mass is 16.2. The van der Waals surface area contributed by atoms with Crippen LogP contribution in [0.4, 0.5) is 0 Å². The Morgan fingerprint density at radius 3 is 3.20 bits per heavy atom. The smallest absolute Gasteiger partial charge is 0.234 e. The molecular formula is C7H12N2O. The molecule has 0 aromatic heterocycles. The molecule has 10 heavy (non-hydrogen) atoms. The Kier molecular flexibility index (Phi) is 1.38. The summed E-state index contributed by atoms with van der Waals surface area (Å²) in [5.41, 5.74) is 5.70. The first-order chi connectivity index (χ1) is 4.86. The van der Waals surface area contributed by atoms with Crippen LogP contribution in [0.15, 0.2) is 0 Å². The molecule has 1 amide bonds. The normalized spacial score (nSPS) is 39.0. The van der Waals surface area contributed by atoms with Crippen molar-refractivity contribution in [2.45, 2.75) is 31.7 Å². The SMILES string of the molecule is O=C1CC2CCCC2NN1. The first-order valence-electron chi connectivity index (χ1n) is 3.90. The number of rotatable bonds is 0. The Morgan fingerprint density at radius 2 is 2.30 bits per heavy atom. The van der Waals surface area contributed by atoms with Crippen LogP contribution in [-0.2, 0) is 4.79 Å². The molecule has 0 bridgehead atoms. The number of nitrogens with one attached hydrogen (secondary N) is 2. The molecule has 0 radical (unpaired) electrons. The van der Waals surface area contributed by atoms with Gasteiger partial charge in [-0.3, -0.25) is 10.2 Å². The van der Waals surface area contributed by atoms with Crippen molar-refractivity contribution in [1.29, 1.82) is 0 Å². The van der Waals surface area contributed by atoms with E-state index in [9.17, 15) is 4.79 Å². The second-order valence-electron chi connectivity index (χ2n) is 3.19. The van der Waals surface area contributed by atoms with Gasteiger partial charge in [-0.15, -0.1) is 0 Å². The van der Waals surface area contributed by atoms with E-state index in [1.807, 2.05) is 0 Å². The molecule has 1 aliphatic carbocycles. The Bertz CT molecular complexity index is 158. The van der Waals surface area contributed by atoms with E-state index in [0.717, 1.165) is 6.42 Å². The summed E-state index contributed by atoms with van der Waals surface area (Å²) in [4.78, 5) is 10.8. The van der Waals surface area contributed by atoms with Crippen LogP contribution >= 0.6 is 0 Å². The number of hydrogen-bond donors (Lipinski definition) is 2. The highest BCUT2D eigenvalue weighted by molar-refractivity contribution is 5.76. The van der Waals surface area contributed by atoms with Crippen LogP contribution in [-0.4, -0.2) is 11.9 Å². The summed E-state index contributed by atoms with van der Waals surface area (Å²) in [6.07, 6.45) is 4.46. The van der Waals surface area contributed by atoms with Crippen LogP contribution in [0.25, 0.3) is 0 Å². The molecule has 3 heteroatoms. The third-order valence-corrected chi connectivity index (χ3v) is 2.50. The topological polar surface area (TPSA) is 41.1 Å². The van der Waals surface area contributed by atoms with Gasteiger partial charge in [-0.2, -0.15) is 0 Å². The summed E-state index contributed by atoms with van der Waals surface area (Å²) in [5.74, 6) is 0.775. The zero-order valence-electron chi connectivity index (χ0n) is 5.89. The zero-order chi connectivity index (χ0) is 6.97. The molecular weight excluding hydrogens is 128 g/mol. The van der Waals surface area contributed by atoms with E-state index in [0.29, 0.717) is 12.0 Å². The molecule has 56 valence electrons. The van der Waals surface area contributed by atoms with Gasteiger partial charge in [0.25, 0.3) is 0 Å². The van der Waals surface area contributed by atoms with Gasteiger partial charge in [-0.05, 0) is 18.8 Å². The quantitative estimate of drug-likeness (QED) is 0.504. The summed E-state index contributed by atoms with van der Waals surface area (Å²) in [6.45, 7) is 0. The summed E-state index contributed by atoms with van der Waals surface area (Å²) in [6, 6.07) is 0.567. The maximum absolute atomic E-state index is 10.8. The van der Waals surface area contributed by atoms with Gasteiger partial charge >= 0.3 is 0 Å². The molecule has 2 N–H and O–H groups in total. The maximum atomic E-state index is 10.8. The van der Waals surface area contributed by atoms with Crippen molar-refractivity contribution < 1.29 is 4.79 Å². The Morgan fingerprint density at radius 1 is 1.40 bits per heavy atom. The minimum Gasteiger partial charge on any atom is -0.291 e. The lowest BCUT2D eigenvalue weighted by Gasteiger charge is -2.26. The van der Waals surface area contributed by atoms with Crippen molar-refractivity contribution in [3.05, 3.63) is 0 Å². The third-order valence-electron chi connectivity index (χ3n) is 2.50. The number of amides is 1. The van der Waals surface area contributed by atoms with Crippen molar-refractivity contribution in [3.63, 3.8) is 0 Å². The van der Waals surface area contributed by atoms with Crippen LogP contribution in [0.2, 0.25) is 0 Å². The first kappa shape index (κ1) is 6.16. The molecule has 2 rings (SSSR count). The molecule has 1 aliphatic heterocycles. The lowest BCUT2D eigenvalue weighted by atomic mass is 9.98. The van der Waals surface area contributed by atoms with Gasteiger partial charge in [0.1, 0.15) is 0 Å². The van der Waals surface area contributed by atoms with Gasteiger partial charge < -0.3 is 0 Å². The highest BCUT2D eigenvalue weighted by Gasteiger charge is 2.32. The molecule has 1 saturated carbocycles. The highest BCUT2D eigenvalue weighted by Crippen LogP contribution is 2.29. The van der Waals surface area contributed by atoms with Crippen LogP contribution < -0.4 is 10.9 Å². The van der Waals surface area contributed by atoms with E-state index in [4.69, 9.17) is 0 Å². The predicted octanol–water partition coefficient (Wildman–Crippen LogP) is 0.180. The number of fused-ring (bicyclic) bond motifs is 1. The summed E-state index contributed by atoms with van der Waals surface area (Å²) < 4.78 is 0. The van der Waals surface area contributed by atoms with Gasteiger partial charge in [-0.25, -0.2) is 5.43 Å². The summed E-state index contributed by atoms with van der Waals surface area (Å²) in [5, 5.41) is 0.